The highest BCUT2D eigenvalue weighted by molar-refractivity contribution is 5.89. The second-order valence-electron chi connectivity index (χ2n) is 14.1. The number of ether oxygens (including phenoxy) is 2. The summed E-state index contributed by atoms with van der Waals surface area (Å²) in [6.07, 6.45) is 14.7. The van der Waals surface area contributed by atoms with E-state index in [-0.39, 0.29) is 30.8 Å². The van der Waals surface area contributed by atoms with E-state index in [2.05, 4.69) is 48.4 Å². The number of aliphatic hydroxyl groups excluding tert-OH is 1. The predicted octanol–water partition coefficient (Wildman–Crippen LogP) is 10.3. The van der Waals surface area contributed by atoms with Crippen molar-refractivity contribution in [3.63, 3.8) is 0 Å². The maximum Gasteiger partial charge on any atom is 0.319 e. The molecule has 50 heavy (non-hydrogen) atoms. The van der Waals surface area contributed by atoms with Crippen LogP contribution in [0.2, 0.25) is 0 Å². The number of unbranched alkanes of at least 4 members (excludes halogenated alkanes) is 10. The number of nitrogens with one attached hydrogen (secondary N) is 2. The summed E-state index contributed by atoms with van der Waals surface area (Å²) in [7, 11) is 0. The zero-order chi connectivity index (χ0) is 35.4. The van der Waals surface area contributed by atoms with Gasteiger partial charge in [0.1, 0.15) is 0 Å². The van der Waals surface area contributed by atoms with Crippen molar-refractivity contribution in [3.05, 3.63) is 101 Å². The Kier molecular flexibility index (Phi) is 17.8. The lowest BCUT2D eigenvalue weighted by molar-refractivity contribution is -0.276. The van der Waals surface area contributed by atoms with E-state index in [9.17, 15) is 9.90 Å². The van der Waals surface area contributed by atoms with Crippen molar-refractivity contribution < 1.29 is 19.4 Å². The van der Waals surface area contributed by atoms with Crippen LogP contribution in [-0.4, -0.2) is 41.8 Å². The number of anilines is 1. The van der Waals surface area contributed by atoms with Gasteiger partial charge in [0.05, 0.1) is 18.8 Å². The van der Waals surface area contributed by atoms with E-state index in [0.29, 0.717) is 12.2 Å². The van der Waals surface area contributed by atoms with E-state index in [1.807, 2.05) is 66.7 Å². The second kappa shape index (κ2) is 22.6. The van der Waals surface area contributed by atoms with Crippen LogP contribution in [0.1, 0.15) is 132 Å². The van der Waals surface area contributed by atoms with Gasteiger partial charge in [-0.2, -0.15) is 0 Å². The van der Waals surface area contributed by atoms with Crippen LogP contribution in [0.25, 0.3) is 0 Å². The summed E-state index contributed by atoms with van der Waals surface area (Å²) >= 11 is 0. The Morgan fingerprint density at radius 3 is 2.00 bits per heavy atom. The number of hydrogen-bond donors (Lipinski definition) is 3. The number of aliphatic hydroxyl groups is 1. The third kappa shape index (κ3) is 13.5. The van der Waals surface area contributed by atoms with Crippen LogP contribution in [-0.2, 0) is 22.6 Å². The average Bonchev–Trinajstić information content (AvgIpc) is 3.14. The summed E-state index contributed by atoms with van der Waals surface area (Å²) in [5, 5.41) is 15.6. The number of carbonyl (C=O) groups is 1. The number of benzene rings is 3. The molecular formula is C43H63N3O4. The summed E-state index contributed by atoms with van der Waals surface area (Å²) in [5.41, 5.74) is 4.57. The van der Waals surface area contributed by atoms with Crippen LogP contribution in [0.15, 0.2) is 78.9 Å². The van der Waals surface area contributed by atoms with Crippen molar-refractivity contribution in [2.45, 2.75) is 129 Å². The van der Waals surface area contributed by atoms with E-state index >= 15 is 0 Å². The normalized spacial score (nSPS) is 19.1. The Hall–Kier alpha value is -3.23. The van der Waals surface area contributed by atoms with Crippen molar-refractivity contribution in [3.8, 4) is 0 Å². The van der Waals surface area contributed by atoms with Crippen LogP contribution in [0.3, 0.4) is 0 Å². The van der Waals surface area contributed by atoms with Gasteiger partial charge in [-0.3, -0.25) is 0 Å². The smallest absolute Gasteiger partial charge is 0.319 e. The first-order chi connectivity index (χ1) is 24.5. The lowest BCUT2D eigenvalue weighted by Crippen LogP contribution is -2.45. The van der Waals surface area contributed by atoms with E-state index in [0.717, 1.165) is 41.9 Å². The molecule has 274 valence electrons. The minimum Gasteiger partial charge on any atom is -0.392 e. The fraction of sp³-hybridized carbons (Fsp3) is 0.558. The van der Waals surface area contributed by atoms with Gasteiger partial charge in [0.2, 0.25) is 0 Å². The van der Waals surface area contributed by atoms with Gasteiger partial charge in [0, 0.05) is 30.3 Å². The molecule has 3 aromatic carbocycles. The van der Waals surface area contributed by atoms with Crippen molar-refractivity contribution in [1.29, 1.82) is 0 Å². The van der Waals surface area contributed by atoms with Crippen LogP contribution in [0, 0.1) is 5.92 Å². The first kappa shape index (κ1) is 39.6. The summed E-state index contributed by atoms with van der Waals surface area (Å²) in [5.74, 6) is 0.118. The van der Waals surface area contributed by atoms with Gasteiger partial charge in [-0.1, -0.05) is 152 Å². The molecule has 0 aliphatic carbocycles. The SMILES string of the molecule is CCCCCCCCN(CCCCCCCC)C[C@@H]1O[C@H](c2cccc(NC(=O)NCc3ccccc3)c2)O[C@H](c2ccc(CO)cc2)[C@@H]1C. The molecule has 7 nitrogen and oxygen atoms in total. The van der Waals surface area contributed by atoms with Gasteiger partial charge < -0.3 is 30.1 Å². The molecule has 1 aliphatic heterocycles. The molecule has 3 aromatic rings. The largest absolute Gasteiger partial charge is 0.392 e. The average molecular weight is 686 g/mol. The molecule has 2 amide bonds. The molecular weight excluding hydrogens is 622 g/mol. The molecule has 0 radical (unpaired) electrons. The molecule has 4 atom stereocenters. The summed E-state index contributed by atoms with van der Waals surface area (Å²) in [4.78, 5) is 15.4. The van der Waals surface area contributed by atoms with Crippen LogP contribution >= 0.6 is 0 Å². The standard InChI is InChI=1S/C43H63N3O4/c1-4-6-8-10-12-17-28-46(29-18-13-11-9-7-5-2)32-40-34(3)41(37-26-24-36(33-47)25-27-37)50-42(49-40)38-22-19-23-39(30-38)45-43(48)44-31-35-20-15-14-16-21-35/h14-16,19-27,30,34,40-42,47H,4-13,17-18,28-29,31-33H2,1-3H3,(H2,44,45,48)/t34-,40+,41+,42+/m1/s1. The van der Waals surface area contributed by atoms with Crippen LogP contribution < -0.4 is 10.6 Å². The van der Waals surface area contributed by atoms with Crippen molar-refractivity contribution in [2.75, 3.05) is 25.0 Å². The molecule has 4 rings (SSSR count). The molecule has 7 heteroatoms. The number of urea groups is 1. The Balaban J connectivity index is 1.48. The molecule has 0 aromatic heterocycles. The first-order valence-electron chi connectivity index (χ1n) is 19.4. The molecule has 3 N–H and O–H groups in total. The summed E-state index contributed by atoms with van der Waals surface area (Å²) < 4.78 is 13.6. The molecule has 1 aliphatic rings. The zero-order valence-electron chi connectivity index (χ0n) is 31.0. The van der Waals surface area contributed by atoms with Crippen molar-refractivity contribution >= 4 is 11.7 Å². The van der Waals surface area contributed by atoms with Gasteiger partial charge in [-0.25, -0.2) is 4.79 Å². The monoisotopic (exact) mass is 685 g/mol. The summed E-state index contributed by atoms with van der Waals surface area (Å²) in [6, 6.07) is 25.5. The van der Waals surface area contributed by atoms with E-state index in [1.165, 1.54) is 77.0 Å². The minimum atomic E-state index is -0.585. The fourth-order valence-electron chi connectivity index (χ4n) is 6.82. The summed E-state index contributed by atoms with van der Waals surface area (Å²) in [6.45, 7) is 10.3. The highest BCUT2D eigenvalue weighted by Gasteiger charge is 2.39. The molecule has 0 spiro atoms. The lowest BCUT2D eigenvalue weighted by Gasteiger charge is -2.43. The molecule has 1 saturated heterocycles. The van der Waals surface area contributed by atoms with E-state index in [1.54, 1.807) is 0 Å². The number of amides is 2. The van der Waals surface area contributed by atoms with Crippen molar-refractivity contribution in [2.24, 2.45) is 5.92 Å². The topological polar surface area (TPSA) is 83.1 Å². The Morgan fingerprint density at radius 2 is 1.36 bits per heavy atom. The van der Waals surface area contributed by atoms with Gasteiger partial charge in [-0.05, 0) is 54.8 Å². The van der Waals surface area contributed by atoms with E-state index in [4.69, 9.17) is 9.47 Å². The highest BCUT2D eigenvalue weighted by Crippen LogP contribution is 2.42. The second-order valence-corrected chi connectivity index (χ2v) is 14.1. The van der Waals surface area contributed by atoms with Crippen molar-refractivity contribution in [1.82, 2.24) is 10.2 Å². The highest BCUT2D eigenvalue weighted by atomic mass is 16.7. The molecule has 0 unspecified atom stereocenters. The van der Waals surface area contributed by atoms with Crippen LogP contribution in [0.5, 0.6) is 0 Å². The number of rotatable bonds is 22. The van der Waals surface area contributed by atoms with Gasteiger partial charge >= 0.3 is 6.03 Å². The lowest BCUT2D eigenvalue weighted by atomic mass is 9.90. The molecule has 1 heterocycles. The fourth-order valence-corrected chi connectivity index (χ4v) is 6.82. The molecule has 0 bridgehead atoms. The maximum absolute atomic E-state index is 12.8. The van der Waals surface area contributed by atoms with Gasteiger partial charge in [0.25, 0.3) is 0 Å². The Morgan fingerprint density at radius 1 is 0.720 bits per heavy atom. The maximum atomic E-state index is 12.8. The first-order valence-corrected chi connectivity index (χ1v) is 19.4. The number of nitrogens with zero attached hydrogens (tertiary/aromatic N) is 1. The van der Waals surface area contributed by atoms with Gasteiger partial charge in [0.15, 0.2) is 6.29 Å². The Labute approximate surface area is 302 Å². The number of carbonyl (C=O) groups excluding carboxylic acids is 1. The Bertz CT molecular complexity index is 1340. The third-order valence-corrected chi connectivity index (χ3v) is 9.93. The van der Waals surface area contributed by atoms with Crippen LogP contribution in [0.4, 0.5) is 10.5 Å². The molecule has 0 saturated carbocycles. The molecule has 1 fully saturated rings. The van der Waals surface area contributed by atoms with E-state index < -0.39 is 6.29 Å². The van der Waals surface area contributed by atoms with Gasteiger partial charge in [-0.15, -0.1) is 0 Å². The number of hydrogen-bond acceptors (Lipinski definition) is 5. The minimum absolute atomic E-state index is 0.0142. The predicted molar refractivity (Wildman–Crippen MR) is 205 cm³/mol. The quantitative estimate of drug-likeness (QED) is 0.0917. The third-order valence-electron chi connectivity index (χ3n) is 9.93. The zero-order valence-corrected chi connectivity index (χ0v) is 31.0.